The van der Waals surface area contributed by atoms with Gasteiger partial charge >= 0.3 is 7.12 Å². The van der Waals surface area contributed by atoms with Gasteiger partial charge in [-0.25, -0.2) is 0 Å². The molecule has 0 aromatic carbocycles. The first-order chi connectivity index (χ1) is 9.05. The second kappa shape index (κ2) is 4.43. The predicted molar refractivity (Wildman–Crippen MR) is 75.7 cm³/mol. The molecular weight excluding hydrogens is 257 g/mol. The first-order valence-electron chi connectivity index (χ1n) is 6.96. The molecule has 1 saturated heterocycles. The standard InChI is InChI=1S/C14H22BNO4/c1-7-14(6)10(17)9(8-16-11(14)18)15-19-12(2,3)13(4,5)20-15/h8H,7H2,1-6H3,(H,16,18). The lowest BCUT2D eigenvalue weighted by molar-refractivity contribution is -0.139. The lowest BCUT2D eigenvalue weighted by Gasteiger charge is -2.32. The number of carbonyl (C=O) groups excluding carboxylic acids is 2. The van der Waals surface area contributed by atoms with Crippen LogP contribution in [0.5, 0.6) is 0 Å². The molecule has 2 aliphatic heterocycles. The second-order valence-corrected chi connectivity index (χ2v) is 6.68. The zero-order valence-electron chi connectivity index (χ0n) is 13.0. The van der Waals surface area contributed by atoms with Crippen LogP contribution in [0.2, 0.25) is 0 Å². The van der Waals surface area contributed by atoms with E-state index in [1.54, 1.807) is 6.92 Å². The Hall–Kier alpha value is -1.14. The van der Waals surface area contributed by atoms with E-state index in [1.165, 1.54) is 6.20 Å². The van der Waals surface area contributed by atoms with Crippen molar-refractivity contribution < 1.29 is 18.9 Å². The van der Waals surface area contributed by atoms with Crippen molar-refractivity contribution in [1.82, 2.24) is 5.32 Å². The van der Waals surface area contributed by atoms with E-state index in [9.17, 15) is 9.59 Å². The Bertz CT molecular complexity index is 481. The van der Waals surface area contributed by atoms with Gasteiger partial charge in [0.15, 0.2) is 5.78 Å². The maximum absolute atomic E-state index is 12.6. The number of hydrogen-bond donors (Lipinski definition) is 1. The van der Waals surface area contributed by atoms with E-state index in [4.69, 9.17) is 9.31 Å². The first-order valence-corrected chi connectivity index (χ1v) is 6.96. The van der Waals surface area contributed by atoms with Gasteiger partial charge in [0.25, 0.3) is 0 Å². The smallest absolute Gasteiger partial charge is 0.399 e. The van der Waals surface area contributed by atoms with Crippen molar-refractivity contribution in [2.75, 3.05) is 0 Å². The van der Waals surface area contributed by atoms with E-state index in [0.29, 0.717) is 11.9 Å². The third-order valence-corrected chi connectivity index (χ3v) is 4.84. The molecule has 0 radical (unpaired) electrons. The highest BCUT2D eigenvalue weighted by Crippen LogP contribution is 2.40. The van der Waals surface area contributed by atoms with Crippen molar-refractivity contribution >= 4 is 18.8 Å². The van der Waals surface area contributed by atoms with Gasteiger partial charge in [-0.3, -0.25) is 9.59 Å². The maximum Gasteiger partial charge on any atom is 0.500 e. The molecule has 110 valence electrons. The molecule has 1 atom stereocenters. The molecule has 0 saturated carbocycles. The van der Waals surface area contributed by atoms with Crippen LogP contribution in [0, 0.1) is 5.41 Å². The number of nitrogens with one attached hydrogen (secondary N) is 1. The monoisotopic (exact) mass is 279 g/mol. The third-order valence-electron chi connectivity index (χ3n) is 4.84. The molecule has 1 unspecified atom stereocenters. The summed E-state index contributed by atoms with van der Waals surface area (Å²) in [5.74, 6) is -0.493. The molecule has 2 aliphatic rings. The molecule has 0 bridgehead atoms. The molecular formula is C14H22BNO4. The average Bonchev–Trinajstić information content (AvgIpc) is 2.55. The SMILES string of the molecule is CCC1(C)C(=O)NC=C(B2OC(C)(C)C(C)(C)O2)C1=O. The third kappa shape index (κ3) is 2.02. The number of ketones is 1. The van der Waals surface area contributed by atoms with Crippen LogP contribution in [0.1, 0.15) is 48.0 Å². The highest BCUT2D eigenvalue weighted by Gasteiger charge is 2.56. The molecule has 5 nitrogen and oxygen atoms in total. The van der Waals surface area contributed by atoms with E-state index >= 15 is 0 Å². The van der Waals surface area contributed by atoms with E-state index in [0.717, 1.165) is 0 Å². The highest BCUT2D eigenvalue weighted by molar-refractivity contribution is 6.63. The van der Waals surface area contributed by atoms with Crippen LogP contribution in [0.15, 0.2) is 11.7 Å². The summed E-state index contributed by atoms with van der Waals surface area (Å²) in [6.07, 6.45) is 1.86. The number of allylic oxidation sites excluding steroid dienone is 1. The Balaban J connectivity index is 2.32. The normalized spacial score (nSPS) is 32.1. The van der Waals surface area contributed by atoms with E-state index in [-0.39, 0.29) is 11.7 Å². The van der Waals surface area contributed by atoms with Gasteiger partial charge in [0.05, 0.1) is 11.2 Å². The van der Waals surface area contributed by atoms with Crippen molar-refractivity contribution in [2.24, 2.45) is 5.41 Å². The molecule has 20 heavy (non-hydrogen) atoms. The predicted octanol–water partition coefficient (Wildman–Crippen LogP) is 1.62. The Morgan fingerprint density at radius 2 is 1.60 bits per heavy atom. The quantitative estimate of drug-likeness (QED) is 0.616. The number of rotatable bonds is 2. The van der Waals surface area contributed by atoms with Crippen molar-refractivity contribution in [1.29, 1.82) is 0 Å². The first kappa shape index (κ1) is 15.3. The number of Topliss-reactive ketones (excluding diaryl/α,β-unsaturated/α-hetero) is 1. The highest BCUT2D eigenvalue weighted by atomic mass is 16.7. The fourth-order valence-electron chi connectivity index (χ4n) is 2.26. The summed E-state index contributed by atoms with van der Waals surface area (Å²) in [5, 5.41) is 2.65. The Labute approximate surface area is 120 Å². The number of carbonyl (C=O) groups is 2. The fourth-order valence-corrected chi connectivity index (χ4v) is 2.26. The second-order valence-electron chi connectivity index (χ2n) is 6.68. The van der Waals surface area contributed by atoms with Gasteiger partial charge in [0.2, 0.25) is 5.91 Å². The lowest BCUT2D eigenvalue weighted by Crippen LogP contribution is -2.50. The lowest BCUT2D eigenvalue weighted by atomic mass is 9.65. The minimum absolute atomic E-state index is 0.220. The molecule has 6 heteroatoms. The molecule has 2 heterocycles. The number of hydrogen-bond acceptors (Lipinski definition) is 4. The van der Waals surface area contributed by atoms with Crippen LogP contribution in [0.3, 0.4) is 0 Å². The van der Waals surface area contributed by atoms with Crippen LogP contribution in [0.4, 0.5) is 0 Å². The van der Waals surface area contributed by atoms with Gasteiger partial charge in [0.1, 0.15) is 5.41 Å². The fraction of sp³-hybridized carbons (Fsp3) is 0.714. The minimum atomic E-state index is -1.05. The van der Waals surface area contributed by atoms with Crippen LogP contribution in [0.25, 0.3) is 0 Å². The summed E-state index contributed by atoms with van der Waals surface area (Å²) >= 11 is 0. The van der Waals surface area contributed by atoms with Crippen molar-refractivity contribution in [3.8, 4) is 0 Å². The van der Waals surface area contributed by atoms with Crippen LogP contribution >= 0.6 is 0 Å². The maximum atomic E-state index is 12.6. The molecule has 2 rings (SSSR count). The summed E-state index contributed by atoms with van der Waals surface area (Å²) in [6, 6.07) is 0. The minimum Gasteiger partial charge on any atom is -0.399 e. The van der Waals surface area contributed by atoms with Gasteiger partial charge in [-0.1, -0.05) is 6.92 Å². The molecule has 0 aromatic heterocycles. The van der Waals surface area contributed by atoms with Crippen molar-refractivity contribution in [3.05, 3.63) is 11.7 Å². The molecule has 0 aromatic rings. The van der Waals surface area contributed by atoms with Gasteiger partial charge in [0, 0.05) is 11.7 Å². The van der Waals surface area contributed by atoms with Gasteiger partial charge in [-0.15, -0.1) is 0 Å². The largest absolute Gasteiger partial charge is 0.500 e. The van der Waals surface area contributed by atoms with Crippen molar-refractivity contribution in [2.45, 2.75) is 59.2 Å². The van der Waals surface area contributed by atoms with Crippen molar-refractivity contribution in [3.63, 3.8) is 0 Å². The summed E-state index contributed by atoms with van der Waals surface area (Å²) in [6.45, 7) is 11.2. The van der Waals surface area contributed by atoms with E-state index < -0.39 is 23.7 Å². The van der Waals surface area contributed by atoms with Gasteiger partial charge in [-0.2, -0.15) is 0 Å². The Kier molecular flexibility index (Phi) is 3.38. The van der Waals surface area contributed by atoms with E-state index in [1.807, 2.05) is 34.6 Å². The summed E-state index contributed by atoms with van der Waals surface area (Å²) < 4.78 is 11.8. The van der Waals surface area contributed by atoms with Crippen LogP contribution < -0.4 is 5.32 Å². The van der Waals surface area contributed by atoms with Gasteiger partial charge < -0.3 is 14.6 Å². The molecule has 1 amide bonds. The Morgan fingerprint density at radius 3 is 2.05 bits per heavy atom. The van der Waals surface area contributed by atoms with Gasteiger partial charge in [-0.05, 0) is 41.0 Å². The summed E-state index contributed by atoms with van der Waals surface area (Å²) in [4.78, 5) is 24.5. The topological polar surface area (TPSA) is 64.6 Å². The molecule has 0 spiro atoms. The number of amides is 1. The zero-order chi connectivity index (χ0) is 15.3. The summed E-state index contributed by atoms with van der Waals surface area (Å²) in [7, 11) is -0.737. The van der Waals surface area contributed by atoms with Crippen LogP contribution in [-0.4, -0.2) is 30.0 Å². The average molecular weight is 279 g/mol. The molecule has 1 N–H and O–H groups in total. The van der Waals surface area contributed by atoms with Crippen LogP contribution in [-0.2, 0) is 18.9 Å². The van der Waals surface area contributed by atoms with E-state index in [2.05, 4.69) is 5.32 Å². The summed E-state index contributed by atoms with van der Waals surface area (Å²) in [5.41, 5.74) is -1.69. The zero-order valence-corrected chi connectivity index (χ0v) is 13.0. The Morgan fingerprint density at radius 1 is 1.10 bits per heavy atom. The molecule has 0 aliphatic carbocycles. The molecule has 1 fully saturated rings.